The van der Waals surface area contributed by atoms with Crippen LogP contribution >= 0.6 is 23.4 Å². The summed E-state index contributed by atoms with van der Waals surface area (Å²) < 4.78 is 15.5. The van der Waals surface area contributed by atoms with Gasteiger partial charge in [0.15, 0.2) is 5.16 Å². The van der Waals surface area contributed by atoms with Crippen LogP contribution in [-0.2, 0) is 10.3 Å². The summed E-state index contributed by atoms with van der Waals surface area (Å²) in [7, 11) is 0. The lowest BCUT2D eigenvalue weighted by molar-refractivity contribution is -0.133. The van der Waals surface area contributed by atoms with E-state index in [0.717, 1.165) is 11.8 Å². The predicted octanol–water partition coefficient (Wildman–Crippen LogP) is 3.76. The van der Waals surface area contributed by atoms with Crippen molar-refractivity contribution in [1.29, 1.82) is 0 Å². The fraction of sp³-hybridized carbons (Fsp3) is 0.385. The SMILES string of the molecule is CC(C)(C)n1c(SCC(=O)O)nc2cc(Cl)c(F)cc21. The molecule has 108 valence electrons. The maximum absolute atomic E-state index is 13.7. The van der Waals surface area contributed by atoms with Crippen LogP contribution in [0.5, 0.6) is 0 Å². The molecule has 0 amide bonds. The van der Waals surface area contributed by atoms with Crippen molar-refractivity contribution >= 4 is 40.4 Å². The van der Waals surface area contributed by atoms with Crippen molar-refractivity contribution in [3.63, 3.8) is 0 Å². The first-order chi connectivity index (χ1) is 9.20. The average Bonchev–Trinajstić information content (AvgIpc) is 2.64. The first kappa shape index (κ1) is 15.1. The summed E-state index contributed by atoms with van der Waals surface area (Å²) >= 11 is 6.87. The Morgan fingerprint density at radius 2 is 2.15 bits per heavy atom. The van der Waals surface area contributed by atoms with Gasteiger partial charge in [-0.25, -0.2) is 9.37 Å². The quantitative estimate of drug-likeness (QED) is 0.876. The molecule has 0 bridgehead atoms. The van der Waals surface area contributed by atoms with E-state index in [4.69, 9.17) is 16.7 Å². The number of rotatable bonds is 3. The standard InChI is InChI=1S/C13H14ClFN2O2S/c1-13(2,3)17-10-5-8(15)7(14)4-9(10)16-12(17)20-6-11(18)19/h4-5H,6H2,1-3H3,(H,18,19). The lowest BCUT2D eigenvalue weighted by Gasteiger charge is -2.24. The number of imidazole rings is 1. The summed E-state index contributed by atoms with van der Waals surface area (Å²) in [5, 5.41) is 9.34. The Kier molecular flexibility index (Phi) is 3.97. The highest BCUT2D eigenvalue weighted by atomic mass is 35.5. The smallest absolute Gasteiger partial charge is 0.313 e. The molecule has 4 nitrogen and oxygen atoms in total. The van der Waals surface area contributed by atoms with E-state index in [1.165, 1.54) is 12.1 Å². The number of benzene rings is 1. The Balaban J connectivity index is 2.64. The van der Waals surface area contributed by atoms with Crippen molar-refractivity contribution in [3.8, 4) is 0 Å². The van der Waals surface area contributed by atoms with Crippen molar-refractivity contribution in [2.24, 2.45) is 0 Å². The van der Waals surface area contributed by atoms with Gasteiger partial charge in [0.25, 0.3) is 0 Å². The first-order valence-electron chi connectivity index (χ1n) is 5.92. The summed E-state index contributed by atoms with van der Waals surface area (Å²) in [6.45, 7) is 5.85. The van der Waals surface area contributed by atoms with E-state index in [1.807, 2.05) is 25.3 Å². The van der Waals surface area contributed by atoms with Crippen molar-refractivity contribution < 1.29 is 14.3 Å². The van der Waals surface area contributed by atoms with E-state index in [1.54, 1.807) is 0 Å². The Labute approximate surface area is 124 Å². The number of hydrogen-bond acceptors (Lipinski definition) is 3. The minimum Gasteiger partial charge on any atom is -0.481 e. The van der Waals surface area contributed by atoms with Crippen LogP contribution in [0, 0.1) is 5.82 Å². The van der Waals surface area contributed by atoms with Gasteiger partial charge in [-0.3, -0.25) is 4.79 Å². The van der Waals surface area contributed by atoms with Crippen molar-refractivity contribution in [2.75, 3.05) is 5.75 Å². The maximum Gasteiger partial charge on any atom is 0.313 e. The number of nitrogens with zero attached hydrogens (tertiary/aromatic N) is 2. The molecule has 1 N–H and O–H groups in total. The molecule has 1 aromatic carbocycles. The summed E-state index contributed by atoms with van der Waals surface area (Å²) in [4.78, 5) is 15.1. The second-order valence-corrected chi connectivity index (χ2v) is 6.69. The van der Waals surface area contributed by atoms with Gasteiger partial charge in [0, 0.05) is 11.6 Å². The molecule has 2 aromatic rings. The van der Waals surface area contributed by atoms with Crippen LogP contribution in [0.3, 0.4) is 0 Å². The third-order valence-electron chi connectivity index (χ3n) is 2.66. The minimum atomic E-state index is -0.924. The molecule has 1 aromatic heterocycles. The normalized spacial score (nSPS) is 12.1. The van der Waals surface area contributed by atoms with E-state index in [9.17, 15) is 9.18 Å². The molecule has 0 radical (unpaired) electrons. The zero-order valence-electron chi connectivity index (χ0n) is 11.3. The van der Waals surface area contributed by atoms with Gasteiger partial charge in [-0.05, 0) is 26.8 Å². The van der Waals surface area contributed by atoms with Gasteiger partial charge in [0.1, 0.15) is 5.82 Å². The second-order valence-electron chi connectivity index (χ2n) is 5.34. The molecule has 20 heavy (non-hydrogen) atoms. The molecule has 1 heterocycles. The van der Waals surface area contributed by atoms with Crippen LogP contribution in [0.2, 0.25) is 5.02 Å². The van der Waals surface area contributed by atoms with Crippen LogP contribution in [-0.4, -0.2) is 26.4 Å². The van der Waals surface area contributed by atoms with Gasteiger partial charge in [0.2, 0.25) is 0 Å². The molecule has 0 atom stereocenters. The van der Waals surface area contributed by atoms with Crippen LogP contribution in [0.1, 0.15) is 20.8 Å². The third kappa shape index (κ3) is 2.91. The van der Waals surface area contributed by atoms with E-state index in [0.29, 0.717) is 16.2 Å². The molecule has 0 unspecified atom stereocenters. The summed E-state index contributed by atoms with van der Waals surface area (Å²) in [6.07, 6.45) is 0. The fourth-order valence-electron chi connectivity index (χ4n) is 1.92. The van der Waals surface area contributed by atoms with Gasteiger partial charge in [-0.15, -0.1) is 0 Å². The minimum absolute atomic E-state index is 0.00541. The number of carboxylic acid groups (broad SMARTS) is 1. The van der Waals surface area contributed by atoms with Crippen LogP contribution < -0.4 is 0 Å². The zero-order chi connectivity index (χ0) is 15.1. The molecule has 0 aliphatic heterocycles. The molecule has 0 aliphatic carbocycles. The van der Waals surface area contributed by atoms with Crippen molar-refractivity contribution in [2.45, 2.75) is 31.5 Å². The molecule has 0 fully saturated rings. The Hall–Kier alpha value is -1.27. The number of aliphatic carboxylic acids is 1. The highest BCUT2D eigenvalue weighted by Crippen LogP contribution is 2.32. The molecule has 0 saturated heterocycles. The Morgan fingerprint density at radius 1 is 1.50 bits per heavy atom. The molecule has 2 rings (SSSR count). The molecular weight excluding hydrogens is 303 g/mol. The monoisotopic (exact) mass is 316 g/mol. The third-order valence-corrected chi connectivity index (χ3v) is 3.87. The van der Waals surface area contributed by atoms with Crippen LogP contribution in [0.4, 0.5) is 4.39 Å². The molecule has 7 heteroatoms. The molecule has 0 spiro atoms. The summed E-state index contributed by atoms with van der Waals surface area (Å²) in [5.74, 6) is -1.54. The van der Waals surface area contributed by atoms with Gasteiger partial charge in [0.05, 0.1) is 21.8 Å². The summed E-state index contributed by atoms with van der Waals surface area (Å²) in [5.41, 5.74) is 0.807. The Morgan fingerprint density at radius 3 is 2.70 bits per heavy atom. The van der Waals surface area contributed by atoms with E-state index >= 15 is 0 Å². The fourth-order valence-corrected chi connectivity index (χ4v) is 3.00. The first-order valence-corrected chi connectivity index (χ1v) is 7.29. The zero-order valence-corrected chi connectivity index (χ0v) is 12.8. The van der Waals surface area contributed by atoms with E-state index in [-0.39, 0.29) is 16.3 Å². The Bertz CT molecular complexity index is 679. The van der Waals surface area contributed by atoms with Crippen LogP contribution in [0.15, 0.2) is 17.3 Å². The van der Waals surface area contributed by atoms with Gasteiger partial charge in [-0.2, -0.15) is 0 Å². The van der Waals surface area contributed by atoms with Crippen molar-refractivity contribution in [1.82, 2.24) is 9.55 Å². The number of thioether (sulfide) groups is 1. The lowest BCUT2D eigenvalue weighted by Crippen LogP contribution is -2.22. The molecule has 0 saturated carbocycles. The maximum atomic E-state index is 13.7. The van der Waals surface area contributed by atoms with E-state index in [2.05, 4.69) is 4.98 Å². The largest absolute Gasteiger partial charge is 0.481 e. The number of carboxylic acids is 1. The van der Waals surface area contributed by atoms with Gasteiger partial charge in [-0.1, -0.05) is 23.4 Å². The number of hydrogen-bond donors (Lipinski definition) is 1. The van der Waals surface area contributed by atoms with Gasteiger partial charge >= 0.3 is 5.97 Å². The molecular formula is C13H14ClFN2O2S. The second kappa shape index (κ2) is 5.26. The molecule has 0 aliphatic rings. The topological polar surface area (TPSA) is 55.1 Å². The number of fused-ring (bicyclic) bond motifs is 1. The number of aromatic nitrogens is 2. The van der Waals surface area contributed by atoms with Crippen LogP contribution in [0.25, 0.3) is 11.0 Å². The highest BCUT2D eigenvalue weighted by Gasteiger charge is 2.23. The summed E-state index contributed by atoms with van der Waals surface area (Å²) in [6, 6.07) is 2.79. The lowest BCUT2D eigenvalue weighted by atomic mass is 10.1. The number of carbonyl (C=O) groups is 1. The van der Waals surface area contributed by atoms with Gasteiger partial charge < -0.3 is 9.67 Å². The predicted molar refractivity (Wildman–Crippen MR) is 78.1 cm³/mol. The van der Waals surface area contributed by atoms with E-state index < -0.39 is 11.8 Å². The highest BCUT2D eigenvalue weighted by molar-refractivity contribution is 7.99. The van der Waals surface area contributed by atoms with Crippen molar-refractivity contribution in [3.05, 3.63) is 23.0 Å². The average molecular weight is 317 g/mol. The number of halogens is 2.